The third kappa shape index (κ3) is 1.64. The zero-order valence-corrected chi connectivity index (χ0v) is 8.08. The van der Waals surface area contributed by atoms with E-state index in [0.29, 0.717) is 0 Å². The third-order valence-corrected chi connectivity index (χ3v) is 3.45. The lowest BCUT2D eigenvalue weighted by atomic mass is 9.67. The zero-order valence-electron chi connectivity index (χ0n) is 8.08. The molecule has 0 heterocycles. The van der Waals surface area contributed by atoms with Crippen molar-refractivity contribution in [2.24, 2.45) is 5.41 Å². The molecular weight excluding hydrogens is 152 g/mol. The molecule has 0 radical (unpaired) electrons. The van der Waals surface area contributed by atoms with E-state index in [2.05, 4.69) is 0 Å². The SMILES string of the molecule is CC(O)C1(C(C)O)CCCCC1. The molecule has 1 saturated carbocycles. The summed E-state index contributed by atoms with van der Waals surface area (Å²) in [4.78, 5) is 0. The molecule has 0 amide bonds. The van der Waals surface area contributed by atoms with Gasteiger partial charge < -0.3 is 10.2 Å². The first kappa shape index (κ1) is 10.0. The van der Waals surface area contributed by atoms with Crippen LogP contribution >= 0.6 is 0 Å². The van der Waals surface area contributed by atoms with Gasteiger partial charge in [-0.25, -0.2) is 0 Å². The van der Waals surface area contributed by atoms with Gasteiger partial charge in [0.2, 0.25) is 0 Å². The molecule has 0 spiro atoms. The van der Waals surface area contributed by atoms with Crippen LogP contribution in [-0.2, 0) is 0 Å². The summed E-state index contributed by atoms with van der Waals surface area (Å²) in [5, 5.41) is 19.3. The Morgan fingerprint density at radius 1 is 0.917 bits per heavy atom. The van der Waals surface area contributed by atoms with Crippen molar-refractivity contribution in [3.8, 4) is 0 Å². The van der Waals surface area contributed by atoms with Crippen molar-refractivity contribution in [2.75, 3.05) is 0 Å². The van der Waals surface area contributed by atoms with E-state index in [9.17, 15) is 10.2 Å². The second-order valence-electron chi connectivity index (χ2n) is 4.15. The summed E-state index contributed by atoms with van der Waals surface area (Å²) in [7, 11) is 0. The Morgan fingerprint density at radius 3 is 1.58 bits per heavy atom. The molecule has 12 heavy (non-hydrogen) atoms. The lowest BCUT2D eigenvalue weighted by Crippen LogP contribution is -2.44. The summed E-state index contributed by atoms with van der Waals surface area (Å²) in [6.07, 6.45) is 4.74. The first-order valence-electron chi connectivity index (χ1n) is 4.96. The second-order valence-corrected chi connectivity index (χ2v) is 4.15. The average Bonchev–Trinajstić information content (AvgIpc) is 2.05. The maximum absolute atomic E-state index is 9.64. The first-order chi connectivity index (χ1) is 5.59. The minimum Gasteiger partial charge on any atom is -0.393 e. The maximum Gasteiger partial charge on any atom is 0.0592 e. The van der Waals surface area contributed by atoms with Gasteiger partial charge in [-0.15, -0.1) is 0 Å². The predicted octanol–water partition coefficient (Wildman–Crippen LogP) is 1.70. The van der Waals surface area contributed by atoms with E-state index in [1.165, 1.54) is 6.42 Å². The number of aliphatic hydroxyl groups is 2. The Kier molecular flexibility index (Phi) is 3.13. The highest BCUT2D eigenvalue weighted by atomic mass is 16.3. The normalized spacial score (nSPS) is 28.0. The van der Waals surface area contributed by atoms with E-state index < -0.39 is 0 Å². The van der Waals surface area contributed by atoms with Gasteiger partial charge in [-0.05, 0) is 26.7 Å². The number of hydrogen-bond donors (Lipinski definition) is 2. The smallest absolute Gasteiger partial charge is 0.0592 e. The van der Waals surface area contributed by atoms with Crippen molar-refractivity contribution in [1.82, 2.24) is 0 Å². The van der Waals surface area contributed by atoms with Gasteiger partial charge in [0.1, 0.15) is 0 Å². The van der Waals surface area contributed by atoms with Crippen molar-refractivity contribution >= 4 is 0 Å². The van der Waals surface area contributed by atoms with Crippen molar-refractivity contribution in [3.05, 3.63) is 0 Å². The fraction of sp³-hybridized carbons (Fsp3) is 1.00. The lowest BCUT2D eigenvalue weighted by molar-refractivity contribution is -0.0764. The molecule has 2 N–H and O–H groups in total. The van der Waals surface area contributed by atoms with Gasteiger partial charge in [-0.3, -0.25) is 0 Å². The Labute approximate surface area is 74.6 Å². The quantitative estimate of drug-likeness (QED) is 0.665. The van der Waals surface area contributed by atoms with E-state index in [-0.39, 0.29) is 17.6 Å². The van der Waals surface area contributed by atoms with Gasteiger partial charge in [0, 0.05) is 5.41 Å². The van der Waals surface area contributed by atoms with Crippen LogP contribution in [0.15, 0.2) is 0 Å². The van der Waals surface area contributed by atoms with Crippen LogP contribution in [0.25, 0.3) is 0 Å². The van der Waals surface area contributed by atoms with Crippen molar-refractivity contribution in [2.45, 2.75) is 58.2 Å². The largest absolute Gasteiger partial charge is 0.393 e. The van der Waals surface area contributed by atoms with Crippen LogP contribution in [-0.4, -0.2) is 22.4 Å². The Morgan fingerprint density at radius 2 is 1.33 bits per heavy atom. The first-order valence-corrected chi connectivity index (χ1v) is 4.96. The van der Waals surface area contributed by atoms with Crippen LogP contribution in [0.5, 0.6) is 0 Å². The monoisotopic (exact) mass is 172 g/mol. The van der Waals surface area contributed by atoms with E-state index >= 15 is 0 Å². The van der Waals surface area contributed by atoms with Gasteiger partial charge in [-0.2, -0.15) is 0 Å². The predicted molar refractivity (Wildman–Crippen MR) is 48.9 cm³/mol. The molecule has 1 fully saturated rings. The minimum absolute atomic E-state index is 0.210. The molecule has 0 aromatic carbocycles. The van der Waals surface area contributed by atoms with Gasteiger partial charge >= 0.3 is 0 Å². The summed E-state index contributed by atoms with van der Waals surface area (Å²) in [5.74, 6) is 0. The number of rotatable bonds is 2. The van der Waals surface area contributed by atoms with Crippen LogP contribution < -0.4 is 0 Å². The van der Waals surface area contributed by atoms with Crippen LogP contribution in [0.4, 0.5) is 0 Å². The van der Waals surface area contributed by atoms with Gasteiger partial charge in [0.15, 0.2) is 0 Å². The summed E-state index contributed by atoms with van der Waals surface area (Å²) < 4.78 is 0. The molecule has 0 bridgehead atoms. The van der Waals surface area contributed by atoms with Crippen molar-refractivity contribution in [3.63, 3.8) is 0 Å². The zero-order chi connectivity index (χ0) is 9.19. The second kappa shape index (κ2) is 3.75. The van der Waals surface area contributed by atoms with Gasteiger partial charge in [0.05, 0.1) is 12.2 Å². The van der Waals surface area contributed by atoms with E-state index in [1.807, 2.05) is 0 Å². The fourth-order valence-electron chi connectivity index (χ4n) is 2.39. The van der Waals surface area contributed by atoms with Crippen LogP contribution in [0.3, 0.4) is 0 Å². The van der Waals surface area contributed by atoms with Crippen LogP contribution in [0.2, 0.25) is 0 Å². The molecule has 2 atom stereocenters. The van der Waals surface area contributed by atoms with E-state index in [1.54, 1.807) is 13.8 Å². The molecule has 0 saturated heterocycles. The number of hydrogen-bond acceptors (Lipinski definition) is 2. The molecule has 0 aromatic heterocycles. The summed E-state index contributed by atoms with van der Waals surface area (Å²) in [5.41, 5.74) is -0.210. The molecular formula is C10H20O2. The molecule has 0 aromatic rings. The van der Waals surface area contributed by atoms with E-state index in [4.69, 9.17) is 0 Å². The average molecular weight is 172 g/mol. The van der Waals surface area contributed by atoms with Gasteiger partial charge in [-0.1, -0.05) is 19.3 Å². The fourth-order valence-corrected chi connectivity index (χ4v) is 2.39. The highest BCUT2D eigenvalue weighted by Gasteiger charge is 2.40. The molecule has 2 heteroatoms. The van der Waals surface area contributed by atoms with Gasteiger partial charge in [0.25, 0.3) is 0 Å². The standard InChI is InChI=1S/C10H20O2/c1-8(11)10(9(2)12)6-4-3-5-7-10/h8-9,11-12H,3-7H2,1-2H3. The van der Waals surface area contributed by atoms with Crippen molar-refractivity contribution < 1.29 is 10.2 Å². The summed E-state index contributed by atoms with van der Waals surface area (Å²) in [6, 6.07) is 0. The van der Waals surface area contributed by atoms with Crippen LogP contribution in [0, 0.1) is 5.41 Å². The molecule has 1 aliphatic rings. The highest BCUT2D eigenvalue weighted by molar-refractivity contribution is 4.91. The Bertz CT molecular complexity index is 125. The number of aliphatic hydroxyl groups excluding tert-OH is 2. The highest BCUT2D eigenvalue weighted by Crippen LogP contribution is 2.41. The summed E-state index contributed by atoms with van der Waals surface area (Å²) >= 11 is 0. The Hall–Kier alpha value is -0.0800. The van der Waals surface area contributed by atoms with Crippen molar-refractivity contribution in [1.29, 1.82) is 0 Å². The minimum atomic E-state index is -0.377. The molecule has 1 rings (SSSR count). The molecule has 72 valence electrons. The molecule has 2 nitrogen and oxygen atoms in total. The molecule has 0 aliphatic heterocycles. The third-order valence-electron chi connectivity index (χ3n) is 3.45. The Balaban J connectivity index is 2.70. The molecule has 1 aliphatic carbocycles. The maximum atomic E-state index is 9.64. The van der Waals surface area contributed by atoms with Crippen LogP contribution in [0.1, 0.15) is 46.0 Å². The topological polar surface area (TPSA) is 40.5 Å². The molecule has 2 unspecified atom stereocenters. The van der Waals surface area contributed by atoms with E-state index in [0.717, 1.165) is 25.7 Å². The lowest BCUT2D eigenvalue weighted by Gasteiger charge is -2.42. The summed E-state index contributed by atoms with van der Waals surface area (Å²) in [6.45, 7) is 3.61.